The minimum absolute atomic E-state index is 0.115. The molecule has 1 saturated heterocycles. The molecule has 35 heavy (non-hydrogen) atoms. The van der Waals surface area contributed by atoms with Crippen molar-refractivity contribution in [3.63, 3.8) is 0 Å². The molecular weight excluding hydrogens is 462 g/mol. The van der Waals surface area contributed by atoms with Gasteiger partial charge in [-0.05, 0) is 12.8 Å². The van der Waals surface area contributed by atoms with Gasteiger partial charge in [-0.25, -0.2) is 0 Å². The van der Waals surface area contributed by atoms with Crippen LogP contribution in [-0.4, -0.2) is 156 Å². The zero-order chi connectivity index (χ0) is 26.1. The first-order valence-electron chi connectivity index (χ1n) is 12.1. The van der Waals surface area contributed by atoms with Gasteiger partial charge in [-0.15, -0.1) is 0 Å². The maximum absolute atomic E-state index is 12.5. The monoisotopic (exact) mass is 503 g/mol. The van der Waals surface area contributed by atoms with E-state index in [4.69, 9.17) is 5.11 Å². The van der Waals surface area contributed by atoms with Crippen LogP contribution in [-0.2, 0) is 19.2 Å². The molecule has 0 spiro atoms. The minimum atomic E-state index is -1.00. The zero-order valence-electron chi connectivity index (χ0n) is 20.4. The number of aliphatic hydroxyl groups is 1. The predicted octanol–water partition coefficient (Wildman–Crippen LogP) is -1.87. The second kappa shape index (κ2) is 18.0. The average molecular weight is 504 g/mol. The lowest BCUT2D eigenvalue weighted by atomic mass is 10.2. The first-order valence-corrected chi connectivity index (χ1v) is 12.1. The fourth-order valence-corrected chi connectivity index (χ4v) is 3.86. The maximum atomic E-state index is 12.5. The third-order valence-corrected chi connectivity index (χ3v) is 5.78. The second-order valence-corrected chi connectivity index (χ2v) is 8.77. The molecule has 202 valence electrons. The summed E-state index contributed by atoms with van der Waals surface area (Å²) in [5, 5.41) is 39.4. The van der Waals surface area contributed by atoms with Gasteiger partial charge in [0.1, 0.15) is 0 Å². The number of amides is 1. The number of nitrogens with one attached hydrogen (secondary N) is 1. The average Bonchev–Trinajstić information content (AvgIpc) is 2.77. The summed E-state index contributed by atoms with van der Waals surface area (Å²) in [6.07, 6.45) is 3.38. The van der Waals surface area contributed by atoms with Gasteiger partial charge in [0.2, 0.25) is 5.91 Å². The molecule has 0 radical (unpaired) electrons. The van der Waals surface area contributed by atoms with Crippen LogP contribution >= 0.6 is 0 Å². The third-order valence-electron chi connectivity index (χ3n) is 5.78. The molecule has 13 heteroatoms. The smallest absolute Gasteiger partial charge is 0.317 e. The molecule has 0 bridgehead atoms. The van der Waals surface area contributed by atoms with Gasteiger partial charge < -0.3 is 25.7 Å². The minimum Gasteiger partial charge on any atom is -0.480 e. The fourth-order valence-electron chi connectivity index (χ4n) is 3.86. The van der Waals surface area contributed by atoms with Gasteiger partial charge in [-0.1, -0.05) is 12.8 Å². The van der Waals surface area contributed by atoms with Crippen molar-refractivity contribution < 1.29 is 39.6 Å². The summed E-state index contributed by atoms with van der Waals surface area (Å²) < 4.78 is 0. The van der Waals surface area contributed by atoms with Crippen LogP contribution in [0.25, 0.3) is 0 Å². The number of carboxylic acids is 3. The Morgan fingerprint density at radius 2 is 0.886 bits per heavy atom. The van der Waals surface area contributed by atoms with Crippen molar-refractivity contribution >= 4 is 23.8 Å². The van der Waals surface area contributed by atoms with Crippen molar-refractivity contribution in [1.29, 1.82) is 0 Å². The van der Waals surface area contributed by atoms with E-state index in [0.717, 1.165) is 25.7 Å². The molecule has 1 aliphatic rings. The number of nitrogens with zero attached hydrogens (tertiary/aromatic N) is 4. The molecule has 0 aromatic carbocycles. The van der Waals surface area contributed by atoms with E-state index >= 15 is 0 Å². The molecule has 5 N–H and O–H groups in total. The SMILES string of the molecule is O=C(O)CN1CCN(CC(=O)O)CCN(CC(=O)NCCCCCCO)CCN(CC(=O)O)CC1. The number of aliphatic carboxylic acids is 3. The number of carbonyl (C=O) groups is 4. The van der Waals surface area contributed by atoms with E-state index in [-0.39, 0.29) is 38.7 Å². The number of carbonyl (C=O) groups excluding carboxylic acids is 1. The van der Waals surface area contributed by atoms with Gasteiger partial charge in [0, 0.05) is 65.5 Å². The van der Waals surface area contributed by atoms with Crippen molar-refractivity contribution in [3.8, 4) is 0 Å². The standard InChI is InChI=1S/C22H41N5O8/c28-14-4-2-1-3-5-23-19(29)15-24-6-8-25(16-20(30)31)10-12-27(18-22(34)35)13-11-26(9-7-24)17-21(32)33/h28H,1-18H2,(H,23,29)(H,30,31)(H,32,33)(H,34,35). The van der Waals surface area contributed by atoms with Crippen LogP contribution in [0.4, 0.5) is 0 Å². The van der Waals surface area contributed by atoms with Gasteiger partial charge in [-0.3, -0.25) is 38.8 Å². The van der Waals surface area contributed by atoms with Gasteiger partial charge in [0.05, 0.1) is 26.2 Å². The van der Waals surface area contributed by atoms with Crippen LogP contribution in [0.1, 0.15) is 25.7 Å². The number of unbranched alkanes of at least 4 members (excludes halogenated alkanes) is 3. The molecule has 0 aromatic rings. The van der Waals surface area contributed by atoms with E-state index < -0.39 is 17.9 Å². The van der Waals surface area contributed by atoms with E-state index in [2.05, 4.69) is 5.32 Å². The molecule has 0 aliphatic carbocycles. The van der Waals surface area contributed by atoms with Crippen LogP contribution < -0.4 is 5.32 Å². The molecule has 1 heterocycles. The van der Waals surface area contributed by atoms with Gasteiger partial charge >= 0.3 is 17.9 Å². The van der Waals surface area contributed by atoms with Crippen LogP contribution in [0.2, 0.25) is 0 Å². The lowest BCUT2D eigenvalue weighted by molar-refractivity contribution is -0.140. The molecule has 1 aliphatic heterocycles. The number of carboxylic acid groups (broad SMARTS) is 3. The normalized spacial score (nSPS) is 17.9. The Labute approximate surface area is 206 Å². The number of hydrogen-bond acceptors (Lipinski definition) is 9. The fraction of sp³-hybridized carbons (Fsp3) is 0.818. The Balaban J connectivity index is 2.79. The van der Waals surface area contributed by atoms with Crippen LogP contribution in [0, 0.1) is 0 Å². The highest BCUT2D eigenvalue weighted by Gasteiger charge is 2.21. The Morgan fingerprint density at radius 1 is 0.543 bits per heavy atom. The Bertz CT molecular complexity index is 634. The molecule has 0 unspecified atom stereocenters. The summed E-state index contributed by atoms with van der Waals surface area (Å²) in [5.74, 6) is -3.13. The van der Waals surface area contributed by atoms with Crippen molar-refractivity contribution in [2.45, 2.75) is 25.7 Å². The topological polar surface area (TPSA) is 174 Å². The Hall–Kier alpha value is -2.32. The number of rotatable bonds is 14. The van der Waals surface area contributed by atoms with E-state index in [1.807, 2.05) is 4.90 Å². The van der Waals surface area contributed by atoms with Crippen LogP contribution in [0.15, 0.2) is 0 Å². The predicted molar refractivity (Wildman–Crippen MR) is 127 cm³/mol. The van der Waals surface area contributed by atoms with E-state index in [1.165, 1.54) is 0 Å². The van der Waals surface area contributed by atoms with Crippen molar-refractivity contribution in [1.82, 2.24) is 24.9 Å². The van der Waals surface area contributed by atoms with E-state index in [1.54, 1.807) is 14.7 Å². The second-order valence-electron chi connectivity index (χ2n) is 8.77. The number of hydrogen-bond donors (Lipinski definition) is 5. The van der Waals surface area contributed by atoms with Crippen molar-refractivity contribution in [2.24, 2.45) is 0 Å². The maximum Gasteiger partial charge on any atom is 0.317 e. The lowest BCUT2D eigenvalue weighted by Crippen LogP contribution is -2.49. The van der Waals surface area contributed by atoms with Crippen molar-refractivity contribution in [2.75, 3.05) is 91.7 Å². The summed E-state index contributed by atoms with van der Waals surface area (Å²) in [6, 6.07) is 0. The summed E-state index contributed by atoms with van der Waals surface area (Å²) in [4.78, 5) is 53.4. The van der Waals surface area contributed by atoms with Gasteiger partial charge in [-0.2, -0.15) is 0 Å². The van der Waals surface area contributed by atoms with Crippen molar-refractivity contribution in [3.05, 3.63) is 0 Å². The van der Waals surface area contributed by atoms with E-state index in [0.29, 0.717) is 58.9 Å². The molecule has 1 fully saturated rings. The molecule has 1 rings (SSSR count). The summed E-state index contributed by atoms with van der Waals surface area (Å²) in [7, 11) is 0. The summed E-state index contributed by atoms with van der Waals surface area (Å²) in [5.41, 5.74) is 0. The van der Waals surface area contributed by atoms with E-state index in [9.17, 15) is 34.5 Å². The van der Waals surface area contributed by atoms with Gasteiger partial charge in [0.25, 0.3) is 0 Å². The summed E-state index contributed by atoms with van der Waals surface area (Å²) >= 11 is 0. The number of aliphatic hydroxyl groups excluding tert-OH is 1. The highest BCUT2D eigenvalue weighted by Crippen LogP contribution is 2.02. The molecule has 0 atom stereocenters. The first-order chi connectivity index (χ1) is 16.7. The highest BCUT2D eigenvalue weighted by atomic mass is 16.4. The first kappa shape index (κ1) is 30.7. The molecule has 0 saturated carbocycles. The quantitative estimate of drug-likeness (QED) is 0.167. The zero-order valence-corrected chi connectivity index (χ0v) is 20.4. The lowest BCUT2D eigenvalue weighted by Gasteiger charge is -2.32. The molecule has 1 amide bonds. The Kier molecular flexibility index (Phi) is 15.8. The summed E-state index contributed by atoms with van der Waals surface area (Å²) in [6.45, 7) is 3.13. The Morgan fingerprint density at radius 3 is 1.23 bits per heavy atom. The molecule has 0 aromatic heterocycles. The molecular formula is C22H41N5O8. The van der Waals surface area contributed by atoms with Gasteiger partial charge in [0.15, 0.2) is 0 Å². The largest absolute Gasteiger partial charge is 0.480 e. The highest BCUT2D eigenvalue weighted by molar-refractivity contribution is 5.78. The van der Waals surface area contributed by atoms with Crippen LogP contribution in [0.3, 0.4) is 0 Å². The van der Waals surface area contributed by atoms with Crippen LogP contribution in [0.5, 0.6) is 0 Å². The third kappa shape index (κ3) is 16.1. The molecule has 13 nitrogen and oxygen atoms in total.